The second-order valence-corrected chi connectivity index (χ2v) is 8.21. The maximum atomic E-state index is 12.7. The van der Waals surface area contributed by atoms with Crippen LogP contribution in [0.4, 0.5) is 0 Å². The van der Waals surface area contributed by atoms with Crippen LogP contribution in [0.2, 0.25) is 0 Å². The smallest absolute Gasteiger partial charge is 0.256 e. The number of nitrogens with one attached hydrogen (secondary N) is 1. The van der Waals surface area contributed by atoms with Crippen LogP contribution in [0.5, 0.6) is 0 Å². The number of hydrogen-bond donors (Lipinski definition) is 1. The zero-order valence-corrected chi connectivity index (χ0v) is 15.0. The average Bonchev–Trinajstić information content (AvgIpc) is 2.58. The molecule has 0 bridgehead atoms. The van der Waals surface area contributed by atoms with E-state index >= 15 is 0 Å². The van der Waals surface area contributed by atoms with Gasteiger partial charge in [0.1, 0.15) is 5.84 Å². The molecule has 1 unspecified atom stereocenters. The van der Waals surface area contributed by atoms with Crippen molar-refractivity contribution in [2.75, 3.05) is 12.3 Å². The highest BCUT2D eigenvalue weighted by Crippen LogP contribution is 2.23. The number of nitrogens with zero attached hydrogens (tertiary/aromatic N) is 2. The van der Waals surface area contributed by atoms with Gasteiger partial charge in [-0.05, 0) is 23.6 Å². The molecule has 1 aromatic carbocycles. The first-order chi connectivity index (χ1) is 11.9. The summed E-state index contributed by atoms with van der Waals surface area (Å²) >= 11 is 0. The first kappa shape index (κ1) is 17.4. The van der Waals surface area contributed by atoms with Crippen molar-refractivity contribution in [3.05, 3.63) is 59.8 Å². The third kappa shape index (κ3) is 3.99. The minimum Gasteiger partial charge on any atom is -0.345 e. The number of hydrogen-bond acceptors (Lipinski definition) is 4. The topological polar surface area (TPSA) is 78.8 Å². The summed E-state index contributed by atoms with van der Waals surface area (Å²) in [5.74, 6) is 0.350. The van der Waals surface area contributed by atoms with Crippen molar-refractivity contribution in [2.45, 2.75) is 19.9 Å². The van der Waals surface area contributed by atoms with Crippen LogP contribution in [0.15, 0.2) is 58.7 Å². The Morgan fingerprint density at radius 3 is 2.60 bits per heavy atom. The lowest BCUT2D eigenvalue weighted by Crippen LogP contribution is -2.39. The Bertz CT molecular complexity index is 855. The molecule has 25 heavy (non-hydrogen) atoms. The Morgan fingerprint density at radius 2 is 1.92 bits per heavy atom. The van der Waals surface area contributed by atoms with Crippen LogP contribution < -0.4 is 5.32 Å². The molecule has 132 valence electrons. The monoisotopic (exact) mass is 359 g/mol. The number of sulfonamides is 1. The van der Waals surface area contributed by atoms with Crippen LogP contribution in [0, 0.1) is 5.92 Å². The fourth-order valence-electron chi connectivity index (χ4n) is 2.86. The molecule has 0 aliphatic carbocycles. The van der Waals surface area contributed by atoms with E-state index in [0.717, 1.165) is 5.56 Å². The fourth-order valence-corrected chi connectivity index (χ4v) is 3.82. The second kappa shape index (κ2) is 6.84. The fraction of sp³-hybridized carbons (Fsp3) is 0.333. The van der Waals surface area contributed by atoms with Crippen molar-refractivity contribution in [2.24, 2.45) is 10.3 Å². The summed E-state index contributed by atoms with van der Waals surface area (Å²) < 4.78 is 26.8. The molecule has 1 N–H and O–H groups in total. The van der Waals surface area contributed by atoms with Crippen molar-refractivity contribution in [3.63, 3.8) is 0 Å². The molecule has 0 aromatic heterocycles. The number of fused-ring (bicyclic) bond motifs is 1. The van der Waals surface area contributed by atoms with Crippen LogP contribution in [0.25, 0.3) is 0 Å². The SMILES string of the molecule is CC(C)C(NC(=O)C1=CN2CCS(=O)(=O)N=C2C=C1)c1ccccc1. The quantitative estimate of drug-likeness (QED) is 0.892. The summed E-state index contributed by atoms with van der Waals surface area (Å²) in [5.41, 5.74) is 1.54. The number of carbonyl (C=O) groups is 1. The molecule has 0 saturated heterocycles. The molecule has 1 amide bonds. The van der Waals surface area contributed by atoms with E-state index in [0.29, 0.717) is 18.0 Å². The van der Waals surface area contributed by atoms with Crippen molar-refractivity contribution >= 4 is 21.8 Å². The van der Waals surface area contributed by atoms with Gasteiger partial charge < -0.3 is 10.2 Å². The molecule has 2 heterocycles. The maximum absolute atomic E-state index is 12.7. The van der Waals surface area contributed by atoms with Crippen LogP contribution in [-0.2, 0) is 14.8 Å². The van der Waals surface area contributed by atoms with Gasteiger partial charge in [0.2, 0.25) is 0 Å². The number of rotatable bonds is 4. The molecule has 2 aliphatic rings. The highest BCUT2D eigenvalue weighted by molar-refractivity contribution is 7.90. The summed E-state index contributed by atoms with van der Waals surface area (Å²) in [6.45, 7) is 4.42. The van der Waals surface area contributed by atoms with Crippen molar-refractivity contribution < 1.29 is 13.2 Å². The zero-order chi connectivity index (χ0) is 18.0. The van der Waals surface area contributed by atoms with E-state index in [1.165, 1.54) is 0 Å². The van der Waals surface area contributed by atoms with E-state index in [9.17, 15) is 13.2 Å². The van der Waals surface area contributed by atoms with Crippen LogP contribution in [0.3, 0.4) is 0 Å². The Kier molecular flexibility index (Phi) is 4.76. The number of amides is 1. The Hall–Kier alpha value is -2.41. The van der Waals surface area contributed by atoms with Crippen LogP contribution >= 0.6 is 0 Å². The normalized spacial score (nSPS) is 19.7. The first-order valence-corrected chi connectivity index (χ1v) is 9.81. The molecule has 0 radical (unpaired) electrons. The van der Waals surface area contributed by atoms with Crippen molar-refractivity contribution in [1.29, 1.82) is 0 Å². The van der Waals surface area contributed by atoms with Crippen LogP contribution in [-0.4, -0.2) is 37.4 Å². The van der Waals surface area contributed by atoms with E-state index < -0.39 is 10.0 Å². The summed E-state index contributed by atoms with van der Waals surface area (Å²) in [4.78, 5) is 14.4. The number of carbonyl (C=O) groups excluding carboxylic acids is 1. The van der Waals surface area contributed by atoms with Gasteiger partial charge in [0.25, 0.3) is 15.9 Å². The molecule has 6 nitrogen and oxygen atoms in total. The highest BCUT2D eigenvalue weighted by Gasteiger charge is 2.26. The predicted octanol–water partition coefficient (Wildman–Crippen LogP) is 2.00. The average molecular weight is 359 g/mol. The molecule has 2 aliphatic heterocycles. The lowest BCUT2D eigenvalue weighted by molar-refractivity contribution is -0.118. The largest absolute Gasteiger partial charge is 0.345 e. The van der Waals surface area contributed by atoms with E-state index in [4.69, 9.17) is 0 Å². The van der Waals surface area contributed by atoms with Gasteiger partial charge in [0.05, 0.1) is 17.4 Å². The zero-order valence-electron chi connectivity index (χ0n) is 14.2. The molecule has 1 atom stereocenters. The Morgan fingerprint density at radius 1 is 1.20 bits per heavy atom. The number of amidine groups is 1. The molecule has 7 heteroatoms. The molecule has 3 rings (SSSR count). The van der Waals surface area contributed by atoms with Gasteiger partial charge in [0, 0.05) is 12.7 Å². The molecule has 0 fully saturated rings. The lowest BCUT2D eigenvalue weighted by atomic mass is 9.95. The minimum absolute atomic E-state index is 0.0472. The number of benzene rings is 1. The van der Waals surface area contributed by atoms with Crippen molar-refractivity contribution in [1.82, 2.24) is 10.2 Å². The van der Waals surface area contributed by atoms with Crippen LogP contribution in [0.1, 0.15) is 25.5 Å². The van der Waals surface area contributed by atoms with Gasteiger partial charge >= 0.3 is 0 Å². The van der Waals surface area contributed by atoms with Gasteiger partial charge in [-0.25, -0.2) is 8.42 Å². The van der Waals surface area contributed by atoms with E-state index in [1.807, 2.05) is 30.3 Å². The maximum Gasteiger partial charge on any atom is 0.256 e. The Labute approximate surface area is 148 Å². The van der Waals surface area contributed by atoms with E-state index in [1.54, 1.807) is 23.3 Å². The van der Waals surface area contributed by atoms with Gasteiger partial charge in [-0.3, -0.25) is 4.79 Å². The summed E-state index contributed by atoms with van der Waals surface area (Å²) in [6, 6.07) is 9.74. The Balaban J connectivity index is 1.78. The second-order valence-electron chi connectivity index (χ2n) is 6.45. The standard InChI is InChI=1S/C18H21N3O3S/c1-13(2)17(14-6-4-3-5-7-14)19-18(22)15-8-9-16-20-25(23,24)11-10-21(16)12-15/h3-9,12-13,17H,10-11H2,1-2H3,(H,19,22). The predicted molar refractivity (Wildman–Crippen MR) is 97.3 cm³/mol. The van der Waals surface area contributed by atoms with Gasteiger partial charge in [0.15, 0.2) is 0 Å². The molecule has 0 spiro atoms. The first-order valence-electron chi connectivity index (χ1n) is 8.21. The molecule has 1 aromatic rings. The van der Waals surface area contributed by atoms with Crippen molar-refractivity contribution in [3.8, 4) is 0 Å². The molecular weight excluding hydrogens is 338 g/mol. The van der Waals surface area contributed by atoms with E-state index in [-0.39, 0.29) is 23.6 Å². The molecular formula is C18H21N3O3S. The molecule has 0 saturated carbocycles. The van der Waals surface area contributed by atoms with Gasteiger partial charge in [-0.1, -0.05) is 44.2 Å². The van der Waals surface area contributed by atoms with E-state index in [2.05, 4.69) is 23.6 Å². The van der Waals surface area contributed by atoms with Gasteiger partial charge in [-0.15, -0.1) is 4.40 Å². The lowest BCUT2D eigenvalue weighted by Gasteiger charge is -2.28. The van der Waals surface area contributed by atoms with Gasteiger partial charge in [-0.2, -0.15) is 0 Å². The third-order valence-electron chi connectivity index (χ3n) is 4.20. The minimum atomic E-state index is -3.39. The third-order valence-corrected chi connectivity index (χ3v) is 5.36. The highest BCUT2D eigenvalue weighted by atomic mass is 32.2. The summed E-state index contributed by atoms with van der Waals surface area (Å²) in [6.07, 6.45) is 4.83. The summed E-state index contributed by atoms with van der Waals surface area (Å²) in [7, 11) is -3.39. The summed E-state index contributed by atoms with van der Waals surface area (Å²) in [5, 5.41) is 3.07.